The summed E-state index contributed by atoms with van der Waals surface area (Å²) in [5, 5.41) is 10.3. The molecule has 4 heteroatoms. The lowest BCUT2D eigenvalue weighted by Gasteiger charge is -2.24. The molecule has 0 amide bonds. The highest BCUT2D eigenvalue weighted by Gasteiger charge is 2.37. The molecule has 4 nitrogen and oxygen atoms in total. The summed E-state index contributed by atoms with van der Waals surface area (Å²) in [7, 11) is 1.67. The van der Waals surface area contributed by atoms with Gasteiger partial charge in [-0.15, -0.1) is 0 Å². The van der Waals surface area contributed by atoms with Crippen LogP contribution in [0.5, 0.6) is 11.5 Å². The molecule has 0 radical (unpaired) electrons. The Hall–Kier alpha value is -2.04. The second-order valence-corrected chi connectivity index (χ2v) is 5.64. The molecule has 0 aromatic heterocycles. The maximum atomic E-state index is 10.3. The third-order valence-electron chi connectivity index (χ3n) is 4.43. The number of phenolic OH excluding ortho intramolecular Hbond substituents is 1. The molecule has 3 rings (SSSR count). The van der Waals surface area contributed by atoms with Gasteiger partial charge in [0.05, 0.1) is 13.2 Å². The third kappa shape index (κ3) is 2.67. The van der Waals surface area contributed by atoms with Crippen LogP contribution in [-0.4, -0.2) is 18.3 Å². The summed E-state index contributed by atoms with van der Waals surface area (Å²) in [6.45, 7) is 2.16. The highest BCUT2D eigenvalue weighted by atomic mass is 16.5. The summed E-state index contributed by atoms with van der Waals surface area (Å²) in [6.07, 6.45) is 0.985. The Morgan fingerprint density at radius 2 is 1.77 bits per heavy atom. The summed E-state index contributed by atoms with van der Waals surface area (Å²) in [6, 6.07) is 16.1. The Bertz CT molecular complexity index is 627. The zero-order valence-electron chi connectivity index (χ0n) is 12.9. The van der Waals surface area contributed by atoms with Crippen LogP contribution in [0.15, 0.2) is 48.5 Å². The second-order valence-electron chi connectivity index (χ2n) is 5.64. The summed E-state index contributed by atoms with van der Waals surface area (Å²) in [4.78, 5) is 0. The van der Waals surface area contributed by atoms with Gasteiger partial charge in [0.1, 0.15) is 11.5 Å². The Labute approximate surface area is 131 Å². The molecule has 1 heterocycles. The van der Waals surface area contributed by atoms with E-state index in [0.29, 0.717) is 5.75 Å². The monoisotopic (exact) mass is 298 g/mol. The van der Waals surface area contributed by atoms with Crippen molar-refractivity contribution in [1.82, 2.24) is 10.9 Å². The van der Waals surface area contributed by atoms with E-state index in [9.17, 15) is 5.11 Å². The van der Waals surface area contributed by atoms with Crippen LogP contribution in [0.3, 0.4) is 0 Å². The normalized spacial score (nSPS) is 24.4. The number of phenols is 1. The lowest BCUT2D eigenvalue weighted by atomic mass is 9.82. The first-order valence-electron chi connectivity index (χ1n) is 7.67. The van der Waals surface area contributed by atoms with Crippen molar-refractivity contribution in [3.8, 4) is 11.5 Å². The van der Waals surface area contributed by atoms with Crippen molar-refractivity contribution in [2.45, 2.75) is 31.3 Å². The first-order valence-corrected chi connectivity index (χ1v) is 7.67. The van der Waals surface area contributed by atoms with Gasteiger partial charge in [-0.3, -0.25) is 5.43 Å². The fourth-order valence-corrected chi connectivity index (χ4v) is 3.23. The van der Waals surface area contributed by atoms with Crippen molar-refractivity contribution in [2.24, 2.45) is 0 Å². The lowest BCUT2D eigenvalue weighted by molar-refractivity contribution is 0.414. The summed E-state index contributed by atoms with van der Waals surface area (Å²) in [5.74, 6) is 1.38. The summed E-state index contributed by atoms with van der Waals surface area (Å²) < 4.78 is 5.23. The van der Waals surface area contributed by atoms with Crippen LogP contribution >= 0.6 is 0 Å². The van der Waals surface area contributed by atoms with Crippen molar-refractivity contribution in [3.05, 3.63) is 59.7 Å². The van der Waals surface area contributed by atoms with Gasteiger partial charge in [0, 0.05) is 17.5 Å². The Morgan fingerprint density at radius 3 is 2.41 bits per heavy atom. The molecular formula is C18H22N2O2. The van der Waals surface area contributed by atoms with Crippen molar-refractivity contribution in [2.75, 3.05) is 7.11 Å². The number of aromatic hydroxyl groups is 1. The van der Waals surface area contributed by atoms with E-state index in [4.69, 9.17) is 4.74 Å². The Morgan fingerprint density at radius 1 is 1.05 bits per heavy atom. The Kier molecular flexibility index (Phi) is 4.32. The molecule has 3 N–H and O–H groups in total. The number of rotatable bonds is 4. The number of hydrogen-bond acceptors (Lipinski definition) is 4. The molecule has 0 bridgehead atoms. The standard InChI is InChI=1S/C18H22N2O2/c1-3-15-17(14-6-4-5-7-16(14)21)18(20-19-15)12-8-10-13(22-2)11-9-12/h4-11,15,17-21H,3H2,1-2H3. The zero-order chi connectivity index (χ0) is 15.5. The number of ether oxygens (including phenoxy) is 1. The molecule has 3 unspecified atom stereocenters. The molecule has 2 aromatic carbocycles. The van der Waals surface area contributed by atoms with Gasteiger partial charge < -0.3 is 9.84 Å². The largest absolute Gasteiger partial charge is 0.508 e. The maximum absolute atomic E-state index is 10.3. The van der Waals surface area contributed by atoms with Gasteiger partial charge in [-0.1, -0.05) is 37.3 Å². The number of methoxy groups -OCH3 is 1. The quantitative estimate of drug-likeness (QED) is 0.812. The number of nitrogens with one attached hydrogen (secondary N) is 2. The molecule has 3 atom stereocenters. The number of para-hydroxylation sites is 1. The fraction of sp³-hybridized carbons (Fsp3) is 0.333. The van der Waals surface area contributed by atoms with Gasteiger partial charge in [0.15, 0.2) is 0 Å². The second kappa shape index (κ2) is 6.38. The topological polar surface area (TPSA) is 53.5 Å². The lowest BCUT2D eigenvalue weighted by Crippen LogP contribution is -2.30. The van der Waals surface area contributed by atoms with E-state index in [1.165, 1.54) is 5.56 Å². The number of hydrogen-bond donors (Lipinski definition) is 3. The highest BCUT2D eigenvalue weighted by molar-refractivity contribution is 5.40. The molecule has 0 spiro atoms. The third-order valence-corrected chi connectivity index (χ3v) is 4.43. The van der Waals surface area contributed by atoms with Crippen LogP contribution in [0.25, 0.3) is 0 Å². The molecular weight excluding hydrogens is 276 g/mol. The molecule has 0 aliphatic carbocycles. The summed E-state index contributed by atoms with van der Waals surface area (Å²) >= 11 is 0. The van der Waals surface area contributed by atoms with E-state index in [1.54, 1.807) is 13.2 Å². The van der Waals surface area contributed by atoms with Gasteiger partial charge in [-0.05, 0) is 30.2 Å². The van der Waals surface area contributed by atoms with Gasteiger partial charge in [0.25, 0.3) is 0 Å². The van der Waals surface area contributed by atoms with Crippen molar-refractivity contribution >= 4 is 0 Å². The highest BCUT2D eigenvalue weighted by Crippen LogP contribution is 2.41. The molecule has 2 aromatic rings. The van der Waals surface area contributed by atoms with E-state index in [0.717, 1.165) is 17.7 Å². The van der Waals surface area contributed by atoms with Gasteiger partial charge in [-0.2, -0.15) is 0 Å². The van der Waals surface area contributed by atoms with Crippen LogP contribution in [0.4, 0.5) is 0 Å². The van der Waals surface area contributed by atoms with Gasteiger partial charge in [0.2, 0.25) is 0 Å². The molecule has 1 aliphatic heterocycles. The molecule has 1 fully saturated rings. The van der Waals surface area contributed by atoms with E-state index in [2.05, 4.69) is 29.9 Å². The summed E-state index contributed by atoms with van der Waals surface area (Å²) in [5.41, 5.74) is 8.91. The predicted octanol–water partition coefficient (Wildman–Crippen LogP) is 3.11. The smallest absolute Gasteiger partial charge is 0.119 e. The van der Waals surface area contributed by atoms with Crippen molar-refractivity contribution < 1.29 is 9.84 Å². The average Bonchev–Trinajstić information content (AvgIpc) is 2.99. The van der Waals surface area contributed by atoms with E-state index < -0.39 is 0 Å². The fourth-order valence-electron chi connectivity index (χ4n) is 3.23. The Balaban J connectivity index is 1.97. The van der Waals surface area contributed by atoms with Crippen LogP contribution in [0.1, 0.15) is 36.4 Å². The number of hydrazine groups is 1. The minimum absolute atomic E-state index is 0.115. The van der Waals surface area contributed by atoms with Crippen LogP contribution in [0.2, 0.25) is 0 Å². The maximum Gasteiger partial charge on any atom is 0.119 e. The van der Waals surface area contributed by atoms with Gasteiger partial charge in [-0.25, -0.2) is 5.43 Å². The van der Waals surface area contributed by atoms with Crippen LogP contribution in [0, 0.1) is 0 Å². The first-order chi connectivity index (χ1) is 10.7. The van der Waals surface area contributed by atoms with E-state index >= 15 is 0 Å². The van der Waals surface area contributed by atoms with Crippen molar-refractivity contribution in [3.63, 3.8) is 0 Å². The molecule has 0 saturated carbocycles. The SMILES string of the molecule is CCC1NNC(c2ccc(OC)cc2)C1c1ccccc1O. The molecule has 22 heavy (non-hydrogen) atoms. The molecule has 116 valence electrons. The van der Waals surface area contributed by atoms with E-state index in [-0.39, 0.29) is 18.0 Å². The number of benzene rings is 2. The minimum Gasteiger partial charge on any atom is -0.508 e. The van der Waals surface area contributed by atoms with Crippen LogP contribution in [-0.2, 0) is 0 Å². The molecule has 1 saturated heterocycles. The average molecular weight is 298 g/mol. The molecule has 1 aliphatic rings. The van der Waals surface area contributed by atoms with Gasteiger partial charge >= 0.3 is 0 Å². The zero-order valence-corrected chi connectivity index (χ0v) is 12.9. The minimum atomic E-state index is 0.115. The predicted molar refractivity (Wildman–Crippen MR) is 86.9 cm³/mol. The van der Waals surface area contributed by atoms with Crippen LogP contribution < -0.4 is 15.6 Å². The first kappa shape index (κ1) is 14.9. The van der Waals surface area contributed by atoms with Crippen molar-refractivity contribution in [1.29, 1.82) is 0 Å². The van der Waals surface area contributed by atoms with E-state index in [1.807, 2.05) is 30.3 Å².